The van der Waals surface area contributed by atoms with Gasteiger partial charge in [0.15, 0.2) is 0 Å². The minimum atomic E-state index is 0. The predicted molar refractivity (Wildman–Crippen MR) is 47.5 cm³/mol. The summed E-state index contributed by atoms with van der Waals surface area (Å²) >= 11 is 0. The van der Waals surface area contributed by atoms with E-state index in [0.29, 0.717) is 5.92 Å². The van der Waals surface area contributed by atoms with Crippen molar-refractivity contribution in [2.45, 2.75) is 5.92 Å². The van der Waals surface area contributed by atoms with Gasteiger partial charge in [0.25, 0.3) is 0 Å². The summed E-state index contributed by atoms with van der Waals surface area (Å²) in [5.41, 5.74) is 1.37. The Kier molecular flexibility index (Phi) is 3.67. The van der Waals surface area contributed by atoms with Crippen molar-refractivity contribution in [3.63, 3.8) is 0 Å². The first-order valence-corrected chi connectivity index (χ1v) is 3.87. The van der Waals surface area contributed by atoms with Crippen LogP contribution in [0.5, 0.6) is 0 Å². The maximum Gasteiger partial charge on any atom is 0.0204 e. The Hall–Kier alpha value is -0.430. The SMILES string of the molecule is C1=CC(c2ccccc2)C=C1.[Hf]. The van der Waals surface area contributed by atoms with E-state index in [0.717, 1.165) is 0 Å². The Balaban J connectivity index is 0.000000720. The van der Waals surface area contributed by atoms with Gasteiger partial charge < -0.3 is 0 Å². The zero-order chi connectivity index (χ0) is 7.52. The molecule has 0 aliphatic heterocycles. The van der Waals surface area contributed by atoms with Gasteiger partial charge in [-0.1, -0.05) is 54.6 Å². The molecular weight excluding hydrogens is 311 g/mol. The maximum absolute atomic E-state index is 2.20. The second kappa shape index (κ2) is 4.56. The number of hydrogen-bond donors (Lipinski definition) is 0. The van der Waals surface area contributed by atoms with Crippen molar-refractivity contribution in [3.05, 3.63) is 60.2 Å². The van der Waals surface area contributed by atoms with Gasteiger partial charge >= 0.3 is 0 Å². The molecule has 0 saturated heterocycles. The van der Waals surface area contributed by atoms with Gasteiger partial charge in [-0.05, 0) is 5.56 Å². The second-order valence-corrected chi connectivity index (χ2v) is 2.71. The van der Waals surface area contributed by atoms with E-state index in [1.54, 1.807) is 0 Å². The maximum atomic E-state index is 2.20. The van der Waals surface area contributed by atoms with Crippen LogP contribution in [0.15, 0.2) is 54.6 Å². The third-order valence-corrected chi connectivity index (χ3v) is 1.93. The molecule has 0 unspecified atom stereocenters. The summed E-state index contributed by atoms with van der Waals surface area (Å²) in [6.45, 7) is 0. The van der Waals surface area contributed by atoms with E-state index in [4.69, 9.17) is 0 Å². The fourth-order valence-electron chi connectivity index (χ4n) is 1.33. The van der Waals surface area contributed by atoms with Crippen molar-refractivity contribution in [2.24, 2.45) is 0 Å². The summed E-state index contributed by atoms with van der Waals surface area (Å²) in [4.78, 5) is 0. The number of hydrogen-bond acceptors (Lipinski definition) is 0. The van der Waals surface area contributed by atoms with Crippen molar-refractivity contribution in [2.75, 3.05) is 0 Å². The summed E-state index contributed by atoms with van der Waals surface area (Å²) in [7, 11) is 0. The average Bonchev–Trinajstić information content (AvgIpc) is 2.58. The Bertz CT molecular complexity index is 273. The smallest absolute Gasteiger partial charge is 0.0204 e. The minimum Gasteiger partial charge on any atom is -0.0732 e. The Morgan fingerprint density at radius 3 is 2.00 bits per heavy atom. The predicted octanol–water partition coefficient (Wildman–Crippen LogP) is 2.89. The van der Waals surface area contributed by atoms with Crippen LogP contribution in [0.25, 0.3) is 0 Å². The molecule has 58 valence electrons. The summed E-state index contributed by atoms with van der Waals surface area (Å²) in [6.07, 6.45) is 8.60. The van der Waals surface area contributed by atoms with Crippen LogP contribution in [-0.4, -0.2) is 0 Å². The summed E-state index contributed by atoms with van der Waals surface area (Å²) < 4.78 is 0. The van der Waals surface area contributed by atoms with Crippen molar-refractivity contribution in [3.8, 4) is 0 Å². The fourth-order valence-corrected chi connectivity index (χ4v) is 1.33. The molecule has 2 rings (SSSR count). The van der Waals surface area contributed by atoms with Crippen LogP contribution in [-0.2, 0) is 25.8 Å². The molecule has 0 heterocycles. The first-order valence-electron chi connectivity index (χ1n) is 3.87. The molecule has 12 heavy (non-hydrogen) atoms. The van der Waals surface area contributed by atoms with Crippen LogP contribution in [0.4, 0.5) is 0 Å². The van der Waals surface area contributed by atoms with E-state index >= 15 is 0 Å². The monoisotopic (exact) mass is 322 g/mol. The molecule has 1 aromatic carbocycles. The van der Waals surface area contributed by atoms with Gasteiger partial charge in [0, 0.05) is 31.8 Å². The van der Waals surface area contributed by atoms with E-state index < -0.39 is 0 Å². The minimum absolute atomic E-state index is 0. The van der Waals surface area contributed by atoms with Crippen molar-refractivity contribution in [1.29, 1.82) is 0 Å². The van der Waals surface area contributed by atoms with Crippen LogP contribution < -0.4 is 0 Å². The number of allylic oxidation sites excluding steroid dienone is 4. The fraction of sp³-hybridized carbons (Fsp3) is 0.0909. The van der Waals surface area contributed by atoms with E-state index in [-0.39, 0.29) is 25.8 Å². The van der Waals surface area contributed by atoms with Gasteiger partial charge in [-0.2, -0.15) is 0 Å². The molecule has 1 aromatic rings. The molecule has 0 bridgehead atoms. The van der Waals surface area contributed by atoms with E-state index in [2.05, 4.69) is 48.6 Å². The molecule has 0 N–H and O–H groups in total. The Morgan fingerprint density at radius 1 is 0.833 bits per heavy atom. The molecule has 0 saturated carbocycles. The average molecular weight is 321 g/mol. The Labute approximate surface area is 91.8 Å². The van der Waals surface area contributed by atoms with Crippen LogP contribution in [0.1, 0.15) is 11.5 Å². The largest absolute Gasteiger partial charge is 0.0732 e. The molecule has 0 radical (unpaired) electrons. The Morgan fingerprint density at radius 2 is 1.42 bits per heavy atom. The molecule has 0 spiro atoms. The molecule has 0 nitrogen and oxygen atoms in total. The summed E-state index contributed by atoms with van der Waals surface area (Å²) in [6, 6.07) is 10.5. The quantitative estimate of drug-likeness (QED) is 0.698. The van der Waals surface area contributed by atoms with Crippen molar-refractivity contribution in [1.82, 2.24) is 0 Å². The number of benzene rings is 1. The topological polar surface area (TPSA) is 0 Å². The molecule has 1 aliphatic carbocycles. The van der Waals surface area contributed by atoms with Crippen molar-refractivity contribution < 1.29 is 25.8 Å². The molecule has 0 fully saturated rings. The van der Waals surface area contributed by atoms with Gasteiger partial charge in [0.2, 0.25) is 0 Å². The van der Waals surface area contributed by atoms with Crippen LogP contribution in [0.2, 0.25) is 0 Å². The van der Waals surface area contributed by atoms with Gasteiger partial charge in [-0.25, -0.2) is 0 Å². The van der Waals surface area contributed by atoms with Gasteiger partial charge in [0.1, 0.15) is 0 Å². The first-order chi connectivity index (χ1) is 5.47. The molecule has 0 aromatic heterocycles. The third kappa shape index (κ3) is 2.04. The standard InChI is InChI=1S/C11H10.Hf/c1-2-6-10(7-3-1)11-8-4-5-9-11;/h1-9,11H;. The molecule has 0 atom stereocenters. The summed E-state index contributed by atoms with van der Waals surface area (Å²) in [5.74, 6) is 0.510. The van der Waals surface area contributed by atoms with Crippen molar-refractivity contribution >= 4 is 0 Å². The first kappa shape index (κ1) is 9.66. The van der Waals surface area contributed by atoms with E-state index in [9.17, 15) is 0 Å². The zero-order valence-corrected chi connectivity index (χ0v) is 10.4. The van der Waals surface area contributed by atoms with E-state index in [1.807, 2.05) is 6.07 Å². The van der Waals surface area contributed by atoms with Gasteiger partial charge in [0.05, 0.1) is 0 Å². The number of rotatable bonds is 1. The van der Waals surface area contributed by atoms with Crippen LogP contribution in [0.3, 0.4) is 0 Å². The third-order valence-electron chi connectivity index (χ3n) is 1.93. The summed E-state index contributed by atoms with van der Waals surface area (Å²) in [5, 5.41) is 0. The molecule has 0 amide bonds. The van der Waals surface area contributed by atoms with Crippen LogP contribution >= 0.6 is 0 Å². The zero-order valence-electron chi connectivity index (χ0n) is 6.77. The van der Waals surface area contributed by atoms with Gasteiger partial charge in [-0.15, -0.1) is 0 Å². The molecule has 1 heteroatoms. The second-order valence-electron chi connectivity index (χ2n) is 2.71. The normalized spacial score (nSPS) is 14.7. The van der Waals surface area contributed by atoms with Gasteiger partial charge in [-0.3, -0.25) is 0 Å². The molecule has 1 aliphatic rings. The van der Waals surface area contributed by atoms with E-state index in [1.165, 1.54) is 5.56 Å². The van der Waals surface area contributed by atoms with Crippen LogP contribution in [0, 0.1) is 0 Å². The molecular formula is C11H10Hf.